The number of nitrogens with one attached hydrogen (secondary N) is 2. The molecule has 0 fully saturated rings. The Kier molecular flexibility index (Phi) is 3.35. The van der Waals surface area contributed by atoms with E-state index in [1.807, 2.05) is 11.1 Å². The van der Waals surface area contributed by atoms with Gasteiger partial charge in [0.25, 0.3) is 0 Å². The van der Waals surface area contributed by atoms with Crippen LogP contribution in [-0.4, -0.2) is 29.4 Å². The van der Waals surface area contributed by atoms with E-state index in [1.165, 1.54) is 12.1 Å². The van der Waals surface area contributed by atoms with Gasteiger partial charge in [-0.3, -0.25) is 0 Å². The molecule has 0 saturated carbocycles. The Hall–Kier alpha value is -2.83. The van der Waals surface area contributed by atoms with Gasteiger partial charge in [-0.05, 0) is 44.5 Å². The Labute approximate surface area is 145 Å². The van der Waals surface area contributed by atoms with E-state index in [0.29, 0.717) is 12.1 Å². The normalized spacial score (nSPS) is 20.6. The summed E-state index contributed by atoms with van der Waals surface area (Å²) in [5, 5.41) is 6.11. The van der Waals surface area contributed by atoms with Crippen LogP contribution in [0.1, 0.15) is 37.9 Å². The molecule has 0 saturated heterocycles. The van der Waals surface area contributed by atoms with Crippen molar-refractivity contribution in [3.63, 3.8) is 0 Å². The van der Waals surface area contributed by atoms with Crippen LogP contribution in [0.25, 0.3) is 5.70 Å². The second-order valence-electron chi connectivity index (χ2n) is 7.14. The lowest BCUT2D eigenvalue weighted by Crippen LogP contribution is -2.38. The van der Waals surface area contributed by atoms with E-state index >= 15 is 0 Å². The van der Waals surface area contributed by atoms with E-state index in [0.717, 1.165) is 22.8 Å². The highest BCUT2D eigenvalue weighted by Gasteiger charge is 2.40. The van der Waals surface area contributed by atoms with Gasteiger partial charge in [-0.2, -0.15) is 0 Å². The number of nitrogens with zero attached hydrogens (tertiary/aromatic N) is 2. The second-order valence-corrected chi connectivity index (χ2v) is 7.14. The molecule has 0 radical (unpaired) electrons. The summed E-state index contributed by atoms with van der Waals surface area (Å²) in [6.07, 6.45) is 3.07. The monoisotopic (exact) mass is 342 g/mol. The van der Waals surface area contributed by atoms with Gasteiger partial charge in [0.15, 0.2) is 0 Å². The number of halogens is 1. The number of carbonyl (C=O) groups excluding carboxylic acids is 1. The molecule has 1 atom stereocenters. The molecule has 1 aromatic carbocycles. The van der Waals surface area contributed by atoms with Gasteiger partial charge < -0.3 is 20.3 Å². The number of ether oxygens (including phenoxy) is 1. The molecule has 0 aromatic heterocycles. The fraction of sp³-hybridized carbons (Fsp3) is 0.333. The molecular formula is C18H19FN4O2. The van der Waals surface area contributed by atoms with Crippen molar-refractivity contribution in [2.75, 3.05) is 6.54 Å². The molecule has 2 heterocycles. The van der Waals surface area contributed by atoms with Gasteiger partial charge in [0.05, 0.1) is 17.9 Å². The first-order valence-corrected chi connectivity index (χ1v) is 8.14. The topological polar surface area (TPSA) is 66.0 Å². The van der Waals surface area contributed by atoms with Gasteiger partial charge in [-0.25, -0.2) is 14.2 Å². The Morgan fingerprint density at radius 1 is 1.44 bits per heavy atom. The van der Waals surface area contributed by atoms with Crippen molar-refractivity contribution in [3.05, 3.63) is 52.9 Å². The van der Waals surface area contributed by atoms with E-state index < -0.39 is 17.7 Å². The fourth-order valence-corrected chi connectivity index (χ4v) is 3.30. The van der Waals surface area contributed by atoms with Gasteiger partial charge in [-0.1, -0.05) is 0 Å². The molecule has 130 valence electrons. The summed E-state index contributed by atoms with van der Waals surface area (Å²) in [6.45, 7) is 6.01. The van der Waals surface area contributed by atoms with Crippen molar-refractivity contribution in [2.45, 2.75) is 32.4 Å². The molecule has 1 unspecified atom stereocenters. The van der Waals surface area contributed by atoms with E-state index in [9.17, 15) is 9.18 Å². The molecule has 0 spiro atoms. The van der Waals surface area contributed by atoms with Gasteiger partial charge >= 0.3 is 6.09 Å². The van der Waals surface area contributed by atoms with E-state index in [2.05, 4.69) is 15.6 Å². The summed E-state index contributed by atoms with van der Waals surface area (Å²) in [5.41, 5.74) is 2.65. The zero-order valence-corrected chi connectivity index (χ0v) is 14.3. The van der Waals surface area contributed by atoms with Crippen LogP contribution in [-0.2, 0) is 4.74 Å². The first-order valence-electron chi connectivity index (χ1n) is 8.14. The third-order valence-electron chi connectivity index (χ3n) is 4.19. The molecule has 1 amide bonds. The molecule has 0 bridgehead atoms. The minimum Gasteiger partial charge on any atom is -0.444 e. The summed E-state index contributed by atoms with van der Waals surface area (Å²) < 4.78 is 19.2. The number of fused-ring (bicyclic) bond motifs is 4. The fourth-order valence-electron chi connectivity index (χ4n) is 3.30. The van der Waals surface area contributed by atoms with Gasteiger partial charge in [0, 0.05) is 18.0 Å². The highest BCUT2D eigenvalue weighted by atomic mass is 19.1. The summed E-state index contributed by atoms with van der Waals surface area (Å²) in [5.74, 6) is 0.420. The Balaban J connectivity index is 1.72. The molecule has 4 rings (SSSR count). The molecule has 7 heteroatoms. The standard InChI is InChI=1S/C18H19FN4O2/c1-18(2,3)25-17(24)22-15-12-8-10(19)4-5-11(12)14-16(15)23-7-6-20-13(23)9-21-14/h4-6,8-9,15,21H,7H2,1-3H3,(H,22,24). The average molecular weight is 342 g/mol. The summed E-state index contributed by atoms with van der Waals surface area (Å²) in [4.78, 5) is 18.7. The van der Waals surface area contributed by atoms with E-state index in [4.69, 9.17) is 4.74 Å². The molecular weight excluding hydrogens is 323 g/mol. The zero-order valence-electron chi connectivity index (χ0n) is 14.3. The number of alkyl carbamates (subject to hydrolysis) is 1. The third kappa shape index (κ3) is 2.65. The smallest absolute Gasteiger partial charge is 0.408 e. The second kappa shape index (κ2) is 5.34. The highest BCUT2D eigenvalue weighted by Crippen LogP contribution is 2.44. The van der Waals surface area contributed by atoms with Gasteiger partial charge in [0.1, 0.15) is 23.3 Å². The molecule has 1 aliphatic carbocycles. The third-order valence-corrected chi connectivity index (χ3v) is 4.19. The summed E-state index contributed by atoms with van der Waals surface area (Å²) >= 11 is 0. The predicted octanol–water partition coefficient (Wildman–Crippen LogP) is 2.86. The van der Waals surface area contributed by atoms with E-state index in [-0.39, 0.29) is 5.82 Å². The number of hydrogen-bond donors (Lipinski definition) is 2. The SMILES string of the molecule is CC(C)(C)OC(=O)NC1C2=C(NC=C3N=CCN32)c2ccc(F)cc21. The number of aliphatic imine (C=N–C) groups is 1. The maximum atomic E-state index is 13.9. The Bertz CT molecular complexity index is 851. The molecule has 1 aromatic rings. The van der Waals surface area contributed by atoms with E-state index in [1.54, 1.807) is 33.1 Å². The van der Waals surface area contributed by atoms with Crippen molar-refractivity contribution >= 4 is 18.0 Å². The number of carbonyl (C=O) groups is 1. The quantitative estimate of drug-likeness (QED) is 0.824. The number of hydrogen-bond acceptors (Lipinski definition) is 5. The predicted molar refractivity (Wildman–Crippen MR) is 91.8 cm³/mol. The first kappa shape index (κ1) is 15.7. The molecule has 25 heavy (non-hydrogen) atoms. The van der Waals surface area contributed by atoms with Crippen LogP contribution in [0, 0.1) is 5.82 Å². The largest absolute Gasteiger partial charge is 0.444 e. The van der Waals surface area contributed by atoms with Crippen molar-refractivity contribution in [2.24, 2.45) is 4.99 Å². The van der Waals surface area contributed by atoms with Gasteiger partial charge in [0.2, 0.25) is 0 Å². The zero-order chi connectivity index (χ0) is 17.8. The van der Waals surface area contributed by atoms with Crippen LogP contribution in [0.3, 0.4) is 0 Å². The highest BCUT2D eigenvalue weighted by molar-refractivity contribution is 5.82. The molecule has 6 nitrogen and oxygen atoms in total. The van der Waals surface area contributed by atoms with Crippen molar-refractivity contribution in [1.82, 2.24) is 15.5 Å². The van der Waals surface area contributed by atoms with Crippen molar-refractivity contribution in [1.29, 1.82) is 0 Å². The lowest BCUT2D eigenvalue weighted by atomic mass is 10.1. The molecule has 2 aliphatic heterocycles. The maximum Gasteiger partial charge on any atom is 0.408 e. The lowest BCUT2D eigenvalue weighted by Gasteiger charge is -2.30. The van der Waals surface area contributed by atoms with Crippen LogP contribution < -0.4 is 10.6 Å². The summed E-state index contributed by atoms with van der Waals surface area (Å²) in [6, 6.07) is 4.09. The van der Waals surface area contributed by atoms with Crippen molar-refractivity contribution < 1.29 is 13.9 Å². The average Bonchev–Trinajstić information content (AvgIpc) is 3.08. The van der Waals surface area contributed by atoms with Crippen LogP contribution in [0.2, 0.25) is 0 Å². The first-order chi connectivity index (χ1) is 11.8. The van der Waals surface area contributed by atoms with Crippen LogP contribution in [0.15, 0.2) is 40.9 Å². The Morgan fingerprint density at radius 2 is 2.24 bits per heavy atom. The minimum atomic E-state index is -0.614. The lowest BCUT2D eigenvalue weighted by molar-refractivity contribution is 0.0507. The summed E-state index contributed by atoms with van der Waals surface area (Å²) in [7, 11) is 0. The molecule has 2 N–H and O–H groups in total. The van der Waals surface area contributed by atoms with Gasteiger partial charge in [-0.15, -0.1) is 0 Å². The van der Waals surface area contributed by atoms with Crippen LogP contribution in [0.4, 0.5) is 9.18 Å². The van der Waals surface area contributed by atoms with Crippen LogP contribution in [0.5, 0.6) is 0 Å². The number of benzene rings is 1. The van der Waals surface area contributed by atoms with Crippen LogP contribution >= 0.6 is 0 Å². The minimum absolute atomic E-state index is 0.347. The maximum absolute atomic E-state index is 13.9. The Morgan fingerprint density at radius 3 is 3.00 bits per heavy atom. The van der Waals surface area contributed by atoms with Crippen molar-refractivity contribution in [3.8, 4) is 0 Å². The number of rotatable bonds is 1. The number of amides is 1. The molecule has 3 aliphatic rings.